The molecule has 2 aliphatic rings. The van der Waals surface area contributed by atoms with Gasteiger partial charge in [0, 0.05) is 23.2 Å². The maximum absolute atomic E-state index is 11.7. The van der Waals surface area contributed by atoms with Crippen molar-refractivity contribution >= 4 is 22.2 Å². The molecule has 0 spiro atoms. The lowest BCUT2D eigenvalue weighted by Gasteiger charge is -2.33. The summed E-state index contributed by atoms with van der Waals surface area (Å²) in [6, 6.07) is 6.02. The van der Waals surface area contributed by atoms with E-state index in [9.17, 15) is 4.79 Å². The smallest absolute Gasteiger partial charge is 0.184 e. The van der Waals surface area contributed by atoms with Crippen LogP contribution in [0.1, 0.15) is 44.1 Å². The molecule has 5 heteroatoms. The van der Waals surface area contributed by atoms with Crippen molar-refractivity contribution in [3.05, 3.63) is 33.8 Å². The molecular weight excluding hydrogens is 348 g/mol. The number of rotatable bonds is 3. The molecule has 122 valence electrons. The summed E-state index contributed by atoms with van der Waals surface area (Å²) in [6.45, 7) is 6.46. The van der Waals surface area contributed by atoms with Crippen LogP contribution in [0, 0.1) is 0 Å². The number of ether oxygens (including phenoxy) is 3. The van der Waals surface area contributed by atoms with E-state index in [1.165, 1.54) is 0 Å². The molecule has 0 radical (unpaired) electrons. The van der Waals surface area contributed by atoms with E-state index in [2.05, 4.69) is 15.9 Å². The molecule has 2 saturated heterocycles. The van der Waals surface area contributed by atoms with Crippen LogP contribution in [-0.4, -0.2) is 32.7 Å². The summed E-state index contributed by atoms with van der Waals surface area (Å²) < 4.78 is 17.4. The van der Waals surface area contributed by atoms with E-state index < -0.39 is 5.41 Å². The fourth-order valence-corrected chi connectivity index (χ4v) is 3.31. The third-order valence-electron chi connectivity index (χ3n) is 4.00. The van der Waals surface area contributed by atoms with Crippen molar-refractivity contribution in [1.29, 1.82) is 0 Å². The number of carbonyl (C=O) groups is 1. The lowest BCUT2D eigenvalue weighted by molar-refractivity contribution is -0.115. The normalized spacial score (nSPS) is 21.0. The maximum Gasteiger partial charge on any atom is 0.184 e. The van der Waals surface area contributed by atoms with Crippen molar-refractivity contribution in [3.63, 3.8) is 0 Å². The van der Waals surface area contributed by atoms with Crippen molar-refractivity contribution < 1.29 is 19.0 Å². The van der Waals surface area contributed by atoms with E-state index >= 15 is 0 Å². The summed E-state index contributed by atoms with van der Waals surface area (Å²) in [5, 5.41) is 0. The van der Waals surface area contributed by atoms with Gasteiger partial charge in [-0.2, -0.15) is 0 Å². The van der Waals surface area contributed by atoms with Gasteiger partial charge in [0.1, 0.15) is 6.29 Å². The topological polar surface area (TPSA) is 44.8 Å². The van der Waals surface area contributed by atoms with Crippen molar-refractivity contribution in [2.24, 2.45) is 0 Å². The van der Waals surface area contributed by atoms with Crippen LogP contribution in [0.4, 0.5) is 0 Å². The van der Waals surface area contributed by atoms with E-state index in [0.29, 0.717) is 26.4 Å². The molecule has 1 aromatic rings. The first kappa shape index (κ1) is 17.6. The van der Waals surface area contributed by atoms with Gasteiger partial charge < -0.3 is 19.0 Å². The van der Waals surface area contributed by atoms with E-state index in [0.717, 1.165) is 34.7 Å². The predicted molar refractivity (Wildman–Crippen MR) is 87.9 cm³/mol. The SMILES string of the molecule is CC.O=CC1(c2cc(Br)cc(C3OCCO3)c2)CCOCC1. The number of hydrogen-bond acceptors (Lipinski definition) is 4. The standard InChI is InChI=1S/C15H17BrO4.C2H6/c16-13-8-11(14-19-5-6-20-14)7-12(9-13)15(10-17)1-3-18-4-2-15;1-2/h7-10,14H,1-6H2;1-2H3. The summed E-state index contributed by atoms with van der Waals surface area (Å²) in [7, 11) is 0. The summed E-state index contributed by atoms with van der Waals surface area (Å²) in [5.74, 6) is 0. The fourth-order valence-electron chi connectivity index (χ4n) is 2.80. The molecule has 2 fully saturated rings. The quantitative estimate of drug-likeness (QED) is 0.759. The van der Waals surface area contributed by atoms with Gasteiger partial charge in [-0.25, -0.2) is 0 Å². The van der Waals surface area contributed by atoms with Gasteiger partial charge in [-0.1, -0.05) is 29.8 Å². The molecule has 2 aliphatic heterocycles. The highest BCUT2D eigenvalue weighted by molar-refractivity contribution is 9.10. The molecule has 0 aliphatic carbocycles. The van der Waals surface area contributed by atoms with E-state index in [-0.39, 0.29) is 6.29 Å². The van der Waals surface area contributed by atoms with Gasteiger partial charge in [0.05, 0.1) is 18.6 Å². The minimum Gasteiger partial charge on any atom is -0.381 e. The van der Waals surface area contributed by atoms with Crippen molar-refractivity contribution in [1.82, 2.24) is 0 Å². The van der Waals surface area contributed by atoms with Crippen LogP contribution in [0.2, 0.25) is 0 Å². The van der Waals surface area contributed by atoms with E-state index in [1.807, 2.05) is 32.0 Å². The van der Waals surface area contributed by atoms with Crippen molar-refractivity contribution in [3.8, 4) is 0 Å². The van der Waals surface area contributed by atoms with Gasteiger partial charge in [-0.15, -0.1) is 0 Å². The Kier molecular flexibility index (Phi) is 6.56. The average Bonchev–Trinajstić information content (AvgIpc) is 3.11. The molecule has 2 heterocycles. The van der Waals surface area contributed by atoms with Gasteiger partial charge in [0.2, 0.25) is 0 Å². The molecule has 0 amide bonds. The lowest BCUT2D eigenvalue weighted by atomic mass is 9.75. The predicted octanol–water partition coefficient (Wildman–Crippen LogP) is 3.77. The van der Waals surface area contributed by atoms with E-state index in [1.54, 1.807) is 0 Å². The average molecular weight is 371 g/mol. The highest BCUT2D eigenvalue weighted by atomic mass is 79.9. The first-order valence-electron chi connectivity index (χ1n) is 7.82. The Bertz CT molecular complexity index is 491. The van der Waals surface area contributed by atoms with E-state index in [4.69, 9.17) is 14.2 Å². The van der Waals surface area contributed by atoms with Crippen LogP contribution in [0.25, 0.3) is 0 Å². The Labute approximate surface area is 140 Å². The number of benzene rings is 1. The van der Waals surface area contributed by atoms with Crippen LogP contribution < -0.4 is 0 Å². The number of aldehydes is 1. The minimum atomic E-state index is -0.449. The Hall–Kier alpha value is -0.750. The molecule has 0 saturated carbocycles. The molecule has 0 bridgehead atoms. The van der Waals surface area contributed by atoms with Crippen molar-refractivity contribution in [2.75, 3.05) is 26.4 Å². The van der Waals surface area contributed by atoms with Gasteiger partial charge >= 0.3 is 0 Å². The van der Waals surface area contributed by atoms with Crippen LogP contribution in [0.3, 0.4) is 0 Å². The number of carbonyl (C=O) groups excluding carboxylic acids is 1. The second kappa shape index (κ2) is 8.20. The van der Waals surface area contributed by atoms with Crippen LogP contribution in [0.5, 0.6) is 0 Å². The third-order valence-corrected chi connectivity index (χ3v) is 4.46. The second-order valence-electron chi connectivity index (χ2n) is 5.23. The van der Waals surface area contributed by atoms with Crippen LogP contribution in [0.15, 0.2) is 22.7 Å². The largest absolute Gasteiger partial charge is 0.381 e. The maximum atomic E-state index is 11.7. The zero-order chi connectivity index (χ0) is 16.0. The molecule has 3 rings (SSSR count). The highest BCUT2D eigenvalue weighted by Gasteiger charge is 2.35. The van der Waals surface area contributed by atoms with Gasteiger partial charge in [-0.3, -0.25) is 0 Å². The second-order valence-corrected chi connectivity index (χ2v) is 6.15. The van der Waals surface area contributed by atoms with Crippen LogP contribution >= 0.6 is 15.9 Å². The zero-order valence-electron chi connectivity index (χ0n) is 13.1. The lowest BCUT2D eigenvalue weighted by Crippen LogP contribution is -2.35. The molecular formula is C17H23BrO4. The Morgan fingerprint density at radius 3 is 2.32 bits per heavy atom. The number of halogens is 1. The minimum absolute atomic E-state index is 0.324. The van der Waals surface area contributed by atoms with Gasteiger partial charge in [0.15, 0.2) is 6.29 Å². The Morgan fingerprint density at radius 1 is 1.09 bits per heavy atom. The molecule has 22 heavy (non-hydrogen) atoms. The summed E-state index contributed by atoms with van der Waals surface area (Å²) >= 11 is 3.52. The summed E-state index contributed by atoms with van der Waals surface area (Å²) in [6.07, 6.45) is 2.18. The van der Waals surface area contributed by atoms with Crippen LogP contribution in [-0.2, 0) is 24.4 Å². The van der Waals surface area contributed by atoms with Crippen molar-refractivity contribution in [2.45, 2.75) is 38.4 Å². The first-order chi connectivity index (χ1) is 10.7. The third kappa shape index (κ3) is 3.77. The first-order valence-corrected chi connectivity index (χ1v) is 8.61. The Morgan fingerprint density at radius 2 is 1.73 bits per heavy atom. The summed E-state index contributed by atoms with van der Waals surface area (Å²) in [5.41, 5.74) is 1.52. The van der Waals surface area contributed by atoms with Gasteiger partial charge in [-0.05, 0) is 36.6 Å². The molecule has 0 atom stereocenters. The molecule has 0 unspecified atom stereocenters. The Balaban J connectivity index is 0.000000847. The highest BCUT2D eigenvalue weighted by Crippen LogP contribution is 2.37. The molecule has 0 N–H and O–H groups in total. The monoisotopic (exact) mass is 370 g/mol. The fraction of sp³-hybridized carbons (Fsp3) is 0.588. The molecule has 0 aromatic heterocycles. The molecule has 4 nitrogen and oxygen atoms in total. The number of hydrogen-bond donors (Lipinski definition) is 0. The molecule has 1 aromatic carbocycles. The zero-order valence-corrected chi connectivity index (χ0v) is 14.7. The summed E-state index contributed by atoms with van der Waals surface area (Å²) in [4.78, 5) is 11.7. The van der Waals surface area contributed by atoms with Gasteiger partial charge in [0.25, 0.3) is 0 Å².